The summed E-state index contributed by atoms with van der Waals surface area (Å²) in [5, 5.41) is 11.4. The molecular weight excluding hydrogens is 250 g/mol. The van der Waals surface area contributed by atoms with E-state index < -0.39 is 35.4 Å². The molecule has 0 fully saturated rings. The third-order valence-electron chi connectivity index (χ3n) is 1.95. The largest absolute Gasteiger partial charge is 0.480 e. The van der Waals surface area contributed by atoms with Crippen LogP contribution in [0.3, 0.4) is 0 Å². The number of carbonyl (C=O) groups is 2. The van der Waals surface area contributed by atoms with Gasteiger partial charge in [0.15, 0.2) is 6.04 Å². The molecule has 0 aliphatic carbocycles. The van der Waals surface area contributed by atoms with Crippen LogP contribution in [0, 0.1) is 0 Å². The lowest BCUT2D eigenvalue weighted by Crippen LogP contribution is -2.51. The number of hydrogen-bond acceptors (Lipinski definition) is 4. The van der Waals surface area contributed by atoms with Crippen LogP contribution in [0.1, 0.15) is 48.5 Å². The number of carboxylic acid groups (broad SMARTS) is 1. The van der Waals surface area contributed by atoms with Crippen LogP contribution < -0.4 is 5.32 Å². The molecular formula is C13H25NO5. The van der Waals surface area contributed by atoms with Crippen molar-refractivity contribution < 1.29 is 24.2 Å². The molecule has 6 heteroatoms. The van der Waals surface area contributed by atoms with E-state index >= 15 is 0 Å². The molecule has 0 rings (SSSR count). The fraction of sp³-hybridized carbons (Fsp3) is 0.846. The first kappa shape index (κ1) is 17.7. The number of amides is 1. The molecule has 0 spiro atoms. The summed E-state index contributed by atoms with van der Waals surface area (Å²) in [6.07, 6.45) is -1.45. The quantitative estimate of drug-likeness (QED) is 0.821. The van der Waals surface area contributed by atoms with Crippen LogP contribution in [0.2, 0.25) is 0 Å². The van der Waals surface area contributed by atoms with E-state index in [1.807, 2.05) is 20.8 Å². The first-order chi connectivity index (χ1) is 8.32. The minimum absolute atomic E-state index is 0.497. The van der Waals surface area contributed by atoms with E-state index in [1.165, 1.54) is 0 Å². The third-order valence-corrected chi connectivity index (χ3v) is 1.95. The second kappa shape index (κ2) is 6.23. The van der Waals surface area contributed by atoms with Crippen molar-refractivity contribution in [2.24, 2.45) is 0 Å². The Balaban J connectivity index is 4.67. The minimum atomic E-state index is -1.16. The van der Waals surface area contributed by atoms with Crippen molar-refractivity contribution >= 4 is 12.1 Å². The zero-order valence-electron chi connectivity index (χ0n) is 12.7. The molecule has 0 aromatic carbocycles. The van der Waals surface area contributed by atoms with Crippen molar-refractivity contribution in [3.8, 4) is 0 Å². The van der Waals surface area contributed by atoms with Gasteiger partial charge in [-0.05, 0) is 48.5 Å². The Morgan fingerprint density at radius 1 is 1.05 bits per heavy atom. The van der Waals surface area contributed by atoms with Gasteiger partial charge in [0.25, 0.3) is 0 Å². The Labute approximate surface area is 114 Å². The van der Waals surface area contributed by atoms with E-state index in [0.29, 0.717) is 0 Å². The van der Waals surface area contributed by atoms with Gasteiger partial charge in [-0.15, -0.1) is 0 Å². The van der Waals surface area contributed by atoms with Gasteiger partial charge < -0.3 is 19.9 Å². The number of alkyl carbamates (subject to hydrolysis) is 1. The van der Waals surface area contributed by atoms with Gasteiger partial charge in [0.05, 0.1) is 11.7 Å². The van der Waals surface area contributed by atoms with Gasteiger partial charge in [0, 0.05) is 0 Å². The van der Waals surface area contributed by atoms with Crippen LogP contribution in [0.4, 0.5) is 4.79 Å². The Morgan fingerprint density at radius 3 is 1.84 bits per heavy atom. The molecule has 0 saturated carbocycles. The highest BCUT2D eigenvalue weighted by molar-refractivity contribution is 5.80. The predicted octanol–water partition coefficient (Wildman–Crippen LogP) is 2.17. The maximum atomic E-state index is 11.6. The van der Waals surface area contributed by atoms with E-state index in [-0.39, 0.29) is 0 Å². The van der Waals surface area contributed by atoms with Crippen molar-refractivity contribution in [3.05, 3.63) is 0 Å². The van der Waals surface area contributed by atoms with Crippen molar-refractivity contribution in [2.75, 3.05) is 0 Å². The van der Waals surface area contributed by atoms with E-state index in [0.717, 1.165) is 0 Å². The molecule has 0 aromatic heterocycles. The van der Waals surface area contributed by atoms with Gasteiger partial charge in [-0.1, -0.05) is 0 Å². The summed E-state index contributed by atoms with van der Waals surface area (Å²) in [5.41, 5.74) is -1.18. The number of carbonyl (C=O) groups excluding carboxylic acids is 1. The molecule has 1 unspecified atom stereocenters. The fourth-order valence-corrected chi connectivity index (χ4v) is 1.44. The highest BCUT2D eigenvalue weighted by Crippen LogP contribution is 2.14. The Kier molecular flexibility index (Phi) is 5.81. The van der Waals surface area contributed by atoms with E-state index in [2.05, 4.69) is 5.32 Å². The predicted molar refractivity (Wildman–Crippen MR) is 71.1 cm³/mol. The number of hydrogen-bond donors (Lipinski definition) is 2. The molecule has 0 heterocycles. The van der Waals surface area contributed by atoms with Crippen molar-refractivity contribution in [1.29, 1.82) is 0 Å². The van der Waals surface area contributed by atoms with E-state index in [9.17, 15) is 9.59 Å². The highest BCUT2D eigenvalue weighted by Gasteiger charge is 2.31. The summed E-state index contributed by atoms with van der Waals surface area (Å²) in [6.45, 7) is 12.2. The van der Waals surface area contributed by atoms with E-state index in [4.69, 9.17) is 14.6 Å². The minimum Gasteiger partial charge on any atom is -0.480 e. The third kappa shape index (κ3) is 8.42. The van der Waals surface area contributed by atoms with E-state index in [1.54, 1.807) is 27.7 Å². The summed E-state index contributed by atoms with van der Waals surface area (Å²) in [5.74, 6) is -1.16. The Bertz CT molecular complexity index is 327. The highest BCUT2D eigenvalue weighted by atomic mass is 16.6. The van der Waals surface area contributed by atoms with Gasteiger partial charge >= 0.3 is 12.1 Å². The molecule has 1 amide bonds. The second-order valence-electron chi connectivity index (χ2n) is 6.40. The number of rotatable bonds is 4. The molecule has 0 saturated heterocycles. The molecule has 19 heavy (non-hydrogen) atoms. The van der Waals surface area contributed by atoms with Crippen molar-refractivity contribution in [3.63, 3.8) is 0 Å². The second-order valence-corrected chi connectivity index (χ2v) is 6.40. The summed E-state index contributed by atoms with van der Waals surface area (Å²) in [6, 6.07) is -1.16. The fourth-order valence-electron chi connectivity index (χ4n) is 1.44. The first-order valence-electron chi connectivity index (χ1n) is 6.22. The van der Waals surface area contributed by atoms with Gasteiger partial charge in [0.1, 0.15) is 5.60 Å². The average Bonchev–Trinajstić information content (AvgIpc) is 2.07. The van der Waals surface area contributed by atoms with Crippen LogP contribution in [0.15, 0.2) is 0 Å². The van der Waals surface area contributed by atoms with Gasteiger partial charge in [-0.2, -0.15) is 0 Å². The average molecular weight is 275 g/mol. The molecule has 0 radical (unpaired) electrons. The van der Waals surface area contributed by atoms with Gasteiger partial charge in [0.2, 0.25) is 0 Å². The molecule has 0 aromatic rings. The monoisotopic (exact) mass is 275 g/mol. The van der Waals surface area contributed by atoms with Crippen LogP contribution in [-0.4, -0.2) is 40.5 Å². The van der Waals surface area contributed by atoms with Gasteiger partial charge in [-0.3, -0.25) is 0 Å². The topological polar surface area (TPSA) is 84.9 Å². The molecule has 6 nitrogen and oxygen atoms in total. The normalized spacial score (nSPS) is 15.5. The molecule has 2 N–H and O–H groups in total. The lowest BCUT2D eigenvalue weighted by atomic mass is 10.1. The Hall–Kier alpha value is -1.30. The zero-order chi connectivity index (χ0) is 15.4. The van der Waals surface area contributed by atoms with Crippen LogP contribution in [0.5, 0.6) is 0 Å². The summed E-state index contributed by atoms with van der Waals surface area (Å²) >= 11 is 0. The number of nitrogens with one attached hydrogen (secondary N) is 1. The molecule has 0 aliphatic heterocycles. The maximum Gasteiger partial charge on any atom is 0.408 e. The van der Waals surface area contributed by atoms with Crippen LogP contribution in [0.25, 0.3) is 0 Å². The maximum absolute atomic E-state index is 11.6. The number of carboxylic acids is 1. The smallest absolute Gasteiger partial charge is 0.408 e. The molecule has 0 aliphatic rings. The zero-order valence-corrected chi connectivity index (χ0v) is 12.7. The lowest BCUT2D eigenvalue weighted by Gasteiger charge is -2.30. The number of aliphatic carboxylic acids is 1. The lowest BCUT2D eigenvalue weighted by molar-refractivity contribution is -0.147. The number of ether oxygens (including phenoxy) is 2. The van der Waals surface area contributed by atoms with Crippen LogP contribution in [-0.2, 0) is 14.3 Å². The molecule has 112 valence electrons. The molecule has 2 atom stereocenters. The first-order valence-corrected chi connectivity index (χ1v) is 6.22. The van der Waals surface area contributed by atoms with Crippen LogP contribution >= 0.6 is 0 Å². The van der Waals surface area contributed by atoms with Crippen molar-refractivity contribution in [2.45, 2.75) is 71.8 Å². The molecule has 0 bridgehead atoms. The SMILES string of the molecule is CC(OC(C)(C)C)[C@H](NC(=O)OC(C)(C)C)C(=O)O. The summed E-state index contributed by atoms with van der Waals surface area (Å²) in [4.78, 5) is 22.8. The Morgan fingerprint density at radius 2 is 1.53 bits per heavy atom. The van der Waals surface area contributed by atoms with Crippen molar-refractivity contribution in [1.82, 2.24) is 5.32 Å². The summed E-state index contributed by atoms with van der Waals surface area (Å²) in [7, 11) is 0. The standard InChI is InChI=1S/C13H25NO5/c1-8(18-12(2,3)4)9(10(15)16)14-11(17)19-13(5,6)7/h8-9H,1-7H3,(H,14,17)(H,15,16)/t8?,9-/m0/s1. The summed E-state index contributed by atoms with van der Waals surface area (Å²) < 4.78 is 10.6. The van der Waals surface area contributed by atoms with Gasteiger partial charge in [-0.25, -0.2) is 9.59 Å².